The van der Waals surface area contributed by atoms with E-state index >= 15 is 0 Å². The minimum Gasteiger partial charge on any atom is -0.330 e. The van der Waals surface area contributed by atoms with E-state index in [1.54, 1.807) is 0 Å². The highest BCUT2D eigenvalue weighted by molar-refractivity contribution is 4.91. The average molecular weight is 198 g/mol. The predicted octanol–water partition coefficient (Wildman–Crippen LogP) is 2.14. The molecule has 1 fully saturated rings. The first-order valence-corrected chi connectivity index (χ1v) is 6.01. The molecule has 1 aliphatic rings. The van der Waals surface area contributed by atoms with E-state index in [4.69, 9.17) is 5.73 Å². The van der Waals surface area contributed by atoms with Gasteiger partial charge in [-0.05, 0) is 57.5 Å². The van der Waals surface area contributed by atoms with Gasteiger partial charge in [-0.15, -0.1) is 0 Å². The van der Waals surface area contributed by atoms with Gasteiger partial charge in [-0.3, -0.25) is 0 Å². The summed E-state index contributed by atoms with van der Waals surface area (Å²) < 4.78 is 0. The van der Waals surface area contributed by atoms with Gasteiger partial charge in [-0.2, -0.15) is 0 Å². The van der Waals surface area contributed by atoms with Crippen molar-refractivity contribution in [2.24, 2.45) is 17.6 Å². The summed E-state index contributed by atoms with van der Waals surface area (Å²) in [7, 11) is 0. The van der Waals surface area contributed by atoms with Gasteiger partial charge in [0.05, 0.1) is 0 Å². The van der Waals surface area contributed by atoms with Gasteiger partial charge in [0, 0.05) is 5.54 Å². The van der Waals surface area contributed by atoms with Crippen LogP contribution in [-0.4, -0.2) is 18.6 Å². The first kappa shape index (κ1) is 12.0. The molecule has 0 radical (unpaired) electrons. The topological polar surface area (TPSA) is 38.0 Å². The van der Waals surface area contributed by atoms with Crippen molar-refractivity contribution in [3.8, 4) is 0 Å². The van der Waals surface area contributed by atoms with E-state index in [0.29, 0.717) is 11.5 Å². The second-order valence-corrected chi connectivity index (χ2v) is 5.53. The highest BCUT2D eigenvalue weighted by Gasteiger charge is 2.31. The van der Waals surface area contributed by atoms with Crippen LogP contribution in [0.3, 0.4) is 0 Å². The monoisotopic (exact) mass is 198 g/mol. The lowest BCUT2D eigenvalue weighted by Crippen LogP contribution is -2.50. The summed E-state index contributed by atoms with van der Waals surface area (Å²) in [6, 6.07) is 0. The first-order chi connectivity index (χ1) is 6.56. The maximum absolute atomic E-state index is 5.77. The summed E-state index contributed by atoms with van der Waals surface area (Å²) in [5.74, 6) is 1.42. The summed E-state index contributed by atoms with van der Waals surface area (Å²) in [4.78, 5) is 0. The largest absolute Gasteiger partial charge is 0.330 e. The molecule has 0 amide bonds. The Morgan fingerprint density at radius 3 is 2.36 bits per heavy atom. The average Bonchev–Trinajstić information content (AvgIpc) is 2.08. The molecule has 84 valence electrons. The lowest BCUT2D eigenvalue weighted by molar-refractivity contribution is 0.193. The third-order valence-electron chi connectivity index (χ3n) is 3.41. The van der Waals surface area contributed by atoms with Crippen LogP contribution in [0.15, 0.2) is 0 Å². The molecule has 1 atom stereocenters. The Balaban J connectivity index is 2.19. The van der Waals surface area contributed by atoms with E-state index in [-0.39, 0.29) is 0 Å². The predicted molar refractivity (Wildman–Crippen MR) is 62.3 cm³/mol. The SMILES string of the molecule is CC(C)CC(CN)CNC1(C)CCC1. The van der Waals surface area contributed by atoms with Gasteiger partial charge in [-0.25, -0.2) is 0 Å². The quantitative estimate of drug-likeness (QED) is 0.686. The van der Waals surface area contributed by atoms with Crippen LogP contribution in [0.5, 0.6) is 0 Å². The van der Waals surface area contributed by atoms with Crippen molar-refractivity contribution in [2.45, 2.75) is 52.0 Å². The molecule has 0 saturated heterocycles. The van der Waals surface area contributed by atoms with Crippen molar-refractivity contribution in [3.05, 3.63) is 0 Å². The second-order valence-electron chi connectivity index (χ2n) is 5.53. The summed E-state index contributed by atoms with van der Waals surface area (Å²) in [6.45, 7) is 8.80. The maximum Gasteiger partial charge on any atom is 0.0153 e. The van der Waals surface area contributed by atoms with E-state index in [2.05, 4.69) is 26.1 Å². The molecular weight excluding hydrogens is 172 g/mol. The van der Waals surface area contributed by atoms with Crippen LogP contribution in [0.4, 0.5) is 0 Å². The molecule has 0 aliphatic heterocycles. The number of hydrogen-bond acceptors (Lipinski definition) is 2. The molecule has 0 aromatic carbocycles. The summed E-state index contributed by atoms with van der Waals surface area (Å²) >= 11 is 0. The smallest absolute Gasteiger partial charge is 0.0153 e. The van der Waals surface area contributed by atoms with Gasteiger partial charge in [-0.1, -0.05) is 13.8 Å². The van der Waals surface area contributed by atoms with Crippen molar-refractivity contribution in [3.63, 3.8) is 0 Å². The van der Waals surface area contributed by atoms with Crippen LogP contribution >= 0.6 is 0 Å². The molecule has 1 aliphatic carbocycles. The van der Waals surface area contributed by atoms with Gasteiger partial charge >= 0.3 is 0 Å². The van der Waals surface area contributed by atoms with Crippen molar-refractivity contribution in [2.75, 3.05) is 13.1 Å². The van der Waals surface area contributed by atoms with E-state index in [9.17, 15) is 0 Å². The third kappa shape index (κ3) is 3.58. The molecule has 14 heavy (non-hydrogen) atoms. The fourth-order valence-electron chi connectivity index (χ4n) is 2.20. The molecular formula is C12H26N2. The van der Waals surface area contributed by atoms with E-state index < -0.39 is 0 Å². The molecule has 0 aromatic heterocycles. The molecule has 0 aromatic rings. The second kappa shape index (κ2) is 5.13. The van der Waals surface area contributed by atoms with Crippen LogP contribution in [0.1, 0.15) is 46.5 Å². The van der Waals surface area contributed by atoms with Crippen LogP contribution in [0.25, 0.3) is 0 Å². The molecule has 2 nitrogen and oxygen atoms in total. The first-order valence-electron chi connectivity index (χ1n) is 6.01. The summed E-state index contributed by atoms with van der Waals surface area (Å²) in [6.07, 6.45) is 5.32. The van der Waals surface area contributed by atoms with Crippen LogP contribution < -0.4 is 11.1 Å². The Hall–Kier alpha value is -0.0800. The lowest BCUT2D eigenvalue weighted by atomic mass is 9.78. The highest BCUT2D eigenvalue weighted by atomic mass is 15.0. The maximum atomic E-state index is 5.77. The number of nitrogens with one attached hydrogen (secondary N) is 1. The van der Waals surface area contributed by atoms with Crippen molar-refractivity contribution in [1.82, 2.24) is 5.32 Å². The lowest BCUT2D eigenvalue weighted by Gasteiger charge is -2.40. The minimum atomic E-state index is 0.435. The van der Waals surface area contributed by atoms with Crippen LogP contribution in [-0.2, 0) is 0 Å². The fraction of sp³-hybridized carbons (Fsp3) is 1.00. The van der Waals surface area contributed by atoms with Gasteiger partial charge in [0.25, 0.3) is 0 Å². The Morgan fingerprint density at radius 2 is 2.00 bits per heavy atom. The Labute approximate surface area is 88.6 Å². The summed E-state index contributed by atoms with van der Waals surface area (Å²) in [5.41, 5.74) is 6.20. The molecule has 1 saturated carbocycles. The van der Waals surface area contributed by atoms with E-state index in [1.165, 1.54) is 25.7 Å². The molecule has 0 bridgehead atoms. The Kier molecular flexibility index (Phi) is 4.39. The molecule has 3 N–H and O–H groups in total. The Bertz CT molecular complexity index is 162. The Morgan fingerprint density at radius 1 is 1.36 bits per heavy atom. The van der Waals surface area contributed by atoms with E-state index in [0.717, 1.165) is 19.0 Å². The van der Waals surface area contributed by atoms with Crippen LogP contribution in [0, 0.1) is 11.8 Å². The van der Waals surface area contributed by atoms with Gasteiger partial charge in [0.15, 0.2) is 0 Å². The van der Waals surface area contributed by atoms with Crippen molar-refractivity contribution < 1.29 is 0 Å². The number of rotatable bonds is 6. The zero-order valence-corrected chi connectivity index (χ0v) is 9.97. The third-order valence-corrected chi connectivity index (χ3v) is 3.41. The van der Waals surface area contributed by atoms with Gasteiger partial charge < -0.3 is 11.1 Å². The molecule has 2 heteroatoms. The zero-order valence-electron chi connectivity index (χ0n) is 9.97. The number of hydrogen-bond donors (Lipinski definition) is 2. The standard InChI is InChI=1S/C12H26N2/c1-10(2)7-11(8-13)9-14-12(3)5-4-6-12/h10-11,14H,4-9,13H2,1-3H3. The van der Waals surface area contributed by atoms with Crippen molar-refractivity contribution in [1.29, 1.82) is 0 Å². The number of nitrogens with two attached hydrogens (primary N) is 1. The molecule has 1 rings (SSSR count). The van der Waals surface area contributed by atoms with Gasteiger partial charge in [0.1, 0.15) is 0 Å². The van der Waals surface area contributed by atoms with E-state index in [1.807, 2.05) is 0 Å². The van der Waals surface area contributed by atoms with Crippen molar-refractivity contribution >= 4 is 0 Å². The minimum absolute atomic E-state index is 0.435. The molecule has 0 heterocycles. The normalized spacial score (nSPS) is 22.1. The highest BCUT2D eigenvalue weighted by Crippen LogP contribution is 2.31. The zero-order chi connectivity index (χ0) is 10.6. The van der Waals surface area contributed by atoms with Crippen LogP contribution in [0.2, 0.25) is 0 Å². The fourth-order valence-corrected chi connectivity index (χ4v) is 2.20. The summed E-state index contributed by atoms with van der Waals surface area (Å²) in [5, 5.41) is 3.67. The van der Waals surface area contributed by atoms with Gasteiger partial charge in [0.2, 0.25) is 0 Å². The molecule has 0 spiro atoms. The molecule has 1 unspecified atom stereocenters.